The molecule has 0 unspecified atom stereocenters. The summed E-state index contributed by atoms with van der Waals surface area (Å²) in [6.07, 6.45) is 8.58. The maximum atomic E-state index is 8.80. The normalized spacial score (nSPS) is 11.0. The minimum atomic E-state index is -0.218. The third-order valence-electron chi connectivity index (χ3n) is 3.93. The Morgan fingerprint density at radius 3 is 1.55 bits per heavy atom. The van der Waals surface area contributed by atoms with Gasteiger partial charge in [0.25, 0.3) is 0 Å². The standard InChI is InChI=1S/C20H27OP/c21-17-11-3-1-2-4-12-18-22(19-13-7-5-8-14-19)20-15-9-6-10-16-20/h5-10,13-16,21H,1-4,11-12,17-18H2. The Morgan fingerprint density at radius 2 is 1.05 bits per heavy atom. The lowest BCUT2D eigenvalue weighted by molar-refractivity contribution is 0.282. The molecule has 0 atom stereocenters. The second-order valence-electron chi connectivity index (χ2n) is 5.67. The SMILES string of the molecule is OCCCCCCCCP(c1ccccc1)c1ccccc1. The van der Waals surface area contributed by atoms with E-state index in [4.69, 9.17) is 5.11 Å². The highest BCUT2D eigenvalue weighted by Crippen LogP contribution is 2.34. The Bertz CT molecular complexity index is 458. The highest BCUT2D eigenvalue weighted by Gasteiger charge is 2.12. The van der Waals surface area contributed by atoms with Gasteiger partial charge in [-0.25, -0.2) is 0 Å². The van der Waals surface area contributed by atoms with Gasteiger partial charge in [0.1, 0.15) is 0 Å². The molecule has 0 aliphatic carbocycles. The number of unbranched alkanes of at least 4 members (excludes halogenated alkanes) is 5. The van der Waals surface area contributed by atoms with Crippen molar-refractivity contribution >= 4 is 18.5 Å². The molecule has 2 rings (SSSR count). The van der Waals surface area contributed by atoms with Crippen LogP contribution in [0.3, 0.4) is 0 Å². The quantitative estimate of drug-likeness (QED) is 0.507. The predicted octanol–water partition coefficient (Wildman–Crippen LogP) is 4.45. The van der Waals surface area contributed by atoms with Crippen LogP contribution >= 0.6 is 7.92 Å². The van der Waals surface area contributed by atoms with Crippen molar-refractivity contribution in [1.82, 2.24) is 0 Å². The van der Waals surface area contributed by atoms with Crippen molar-refractivity contribution in [3.8, 4) is 0 Å². The maximum Gasteiger partial charge on any atom is 0.0431 e. The summed E-state index contributed by atoms with van der Waals surface area (Å²) in [4.78, 5) is 0. The first-order valence-corrected chi connectivity index (χ1v) is 9.93. The van der Waals surface area contributed by atoms with Crippen LogP contribution in [0.15, 0.2) is 60.7 Å². The Hall–Kier alpha value is -1.17. The summed E-state index contributed by atoms with van der Waals surface area (Å²) in [6.45, 7) is 0.341. The van der Waals surface area contributed by atoms with Crippen molar-refractivity contribution in [2.45, 2.75) is 38.5 Å². The van der Waals surface area contributed by atoms with Crippen LogP contribution in [0.1, 0.15) is 38.5 Å². The van der Waals surface area contributed by atoms with Gasteiger partial charge in [-0.2, -0.15) is 0 Å². The van der Waals surface area contributed by atoms with Crippen molar-refractivity contribution < 1.29 is 5.11 Å². The fourth-order valence-electron chi connectivity index (χ4n) is 2.71. The zero-order valence-corrected chi connectivity index (χ0v) is 14.2. The first kappa shape index (κ1) is 17.2. The molecule has 0 fully saturated rings. The molecule has 22 heavy (non-hydrogen) atoms. The van der Waals surface area contributed by atoms with Gasteiger partial charge in [0.15, 0.2) is 0 Å². The Kier molecular flexibility index (Phi) is 8.23. The van der Waals surface area contributed by atoms with Gasteiger partial charge in [-0.05, 0) is 37.5 Å². The van der Waals surface area contributed by atoms with Crippen molar-refractivity contribution in [3.05, 3.63) is 60.7 Å². The van der Waals surface area contributed by atoms with Crippen LogP contribution in [0.4, 0.5) is 0 Å². The molecule has 2 aromatic rings. The van der Waals surface area contributed by atoms with Crippen molar-refractivity contribution in [1.29, 1.82) is 0 Å². The molecule has 0 aliphatic heterocycles. The minimum absolute atomic E-state index is 0.218. The molecule has 0 heterocycles. The third kappa shape index (κ3) is 5.91. The van der Waals surface area contributed by atoms with E-state index in [0.717, 1.165) is 6.42 Å². The van der Waals surface area contributed by atoms with Crippen molar-refractivity contribution in [3.63, 3.8) is 0 Å². The minimum Gasteiger partial charge on any atom is -0.396 e. The largest absolute Gasteiger partial charge is 0.396 e. The lowest BCUT2D eigenvalue weighted by Crippen LogP contribution is -2.13. The van der Waals surface area contributed by atoms with Crippen LogP contribution in [0, 0.1) is 0 Å². The highest BCUT2D eigenvalue weighted by molar-refractivity contribution is 7.73. The smallest absolute Gasteiger partial charge is 0.0431 e. The zero-order chi connectivity index (χ0) is 15.5. The average molecular weight is 314 g/mol. The summed E-state index contributed by atoms with van der Waals surface area (Å²) in [5.41, 5.74) is 0. The van der Waals surface area contributed by atoms with Crippen LogP contribution in [0.5, 0.6) is 0 Å². The van der Waals surface area contributed by atoms with Gasteiger partial charge >= 0.3 is 0 Å². The third-order valence-corrected chi connectivity index (χ3v) is 6.53. The summed E-state index contributed by atoms with van der Waals surface area (Å²) in [7, 11) is -0.218. The number of aliphatic hydroxyl groups is 1. The first-order valence-electron chi connectivity index (χ1n) is 8.40. The van der Waals surface area contributed by atoms with Crippen molar-refractivity contribution in [2.75, 3.05) is 12.8 Å². The molecule has 0 bridgehead atoms. The van der Waals surface area contributed by atoms with E-state index in [-0.39, 0.29) is 7.92 Å². The monoisotopic (exact) mass is 314 g/mol. The van der Waals surface area contributed by atoms with Gasteiger partial charge in [0.2, 0.25) is 0 Å². The van der Waals surface area contributed by atoms with Crippen molar-refractivity contribution in [2.24, 2.45) is 0 Å². The van der Waals surface area contributed by atoms with Crippen LogP contribution in [0.2, 0.25) is 0 Å². The molecule has 1 nitrogen and oxygen atoms in total. The molecular weight excluding hydrogens is 287 g/mol. The molecule has 0 aromatic heterocycles. The van der Waals surface area contributed by atoms with Gasteiger partial charge in [-0.1, -0.05) is 86.3 Å². The molecule has 0 radical (unpaired) electrons. The van der Waals surface area contributed by atoms with Gasteiger partial charge < -0.3 is 5.11 Å². The Balaban J connectivity index is 1.87. The predicted molar refractivity (Wildman–Crippen MR) is 98.7 cm³/mol. The molecule has 118 valence electrons. The first-order chi connectivity index (χ1) is 10.9. The van der Waals surface area contributed by atoms with Crippen LogP contribution in [0.25, 0.3) is 0 Å². The Morgan fingerprint density at radius 1 is 0.591 bits per heavy atom. The van der Waals surface area contributed by atoms with E-state index in [1.807, 2.05) is 0 Å². The highest BCUT2D eigenvalue weighted by atomic mass is 31.1. The van der Waals surface area contributed by atoms with E-state index in [1.54, 1.807) is 0 Å². The summed E-state index contributed by atoms with van der Waals surface area (Å²) < 4.78 is 0. The zero-order valence-electron chi connectivity index (χ0n) is 13.3. The second-order valence-corrected chi connectivity index (χ2v) is 8.00. The molecule has 0 saturated heterocycles. The lowest BCUT2D eigenvalue weighted by atomic mass is 10.1. The number of aliphatic hydroxyl groups excluding tert-OH is 1. The second kappa shape index (κ2) is 10.5. The van der Waals surface area contributed by atoms with E-state index in [1.165, 1.54) is 48.9 Å². The van der Waals surface area contributed by atoms with Crippen LogP contribution in [-0.4, -0.2) is 17.9 Å². The van der Waals surface area contributed by atoms with Gasteiger partial charge in [0, 0.05) is 6.61 Å². The van der Waals surface area contributed by atoms with E-state index in [9.17, 15) is 0 Å². The van der Waals surface area contributed by atoms with Gasteiger partial charge in [-0.3, -0.25) is 0 Å². The van der Waals surface area contributed by atoms with E-state index in [0.29, 0.717) is 6.61 Å². The summed E-state index contributed by atoms with van der Waals surface area (Å²) in [6, 6.07) is 21.9. The van der Waals surface area contributed by atoms with E-state index in [2.05, 4.69) is 60.7 Å². The van der Waals surface area contributed by atoms with Gasteiger partial charge in [-0.15, -0.1) is 0 Å². The molecule has 0 aliphatic rings. The Labute approximate surface area is 136 Å². The summed E-state index contributed by atoms with van der Waals surface area (Å²) >= 11 is 0. The molecule has 2 heteroatoms. The number of rotatable bonds is 10. The number of benzene rings is 2. The fraction of sp³-hybridized carbons (Fsp3) is 0.400. The van der Waals surface area contributed by atoms with Crippen LogP contribution < -0.4 is 10.6 Å². The molecule has 0 saturated carbocycles. The summed E-state index contributed by atoms with van der Waals surface area (Å²) in [5.74, 6) is 0. The van der Waals surface area contributed by atoms with Gasteiger partial charge in [0.05, 0.1) is 0 Å². The maximum absolute atomic E-state index is 8.80. The number of hydrogen-bond donors (Lipinski definition) is 1. The molecule has 0 amide bonds. The molecule has 1 N–H and O–H groups in total. The van der Waals surface area contributed by atoms with Crippen LogP contribution in [-0.2, 0) is 0 Å². The fourth-order valence-corrected chi connectivity index (χ4v) is 5.13. The summed E-state index contributed by atoms with van der Waals surface area (Å²) in [5, 5.41) is 11.8. The topological polar surface area (TPSA) is 20.2 Å². The number of hydrogen-bond acceptors (Lipinski definition) is 1. The van der Waals surface area contributed by atoms with E-state index >= 15 is 0 Å². The molecule has 2 aromatic carbocycles. The van der Waals surface area contributed by atoms with E-state index < -0.39 is 0 Å². The lowest BCUT2D eigenvalue weighted by Gasteiger charge is -2.18. The molecule has 0 spiro atoms. The molecular formula is C20H27OP. The average Bonchev–Trinajstić information content (AvgIpc) is 2.59.